The second kappa shape index (κ2) is 3.73. The number of rotatable bonds is 2. The van der Waals surface area contributed by atoms with Crippen LogP contribution in [0.25, 0.3) is 10.6 Å². The molecule has 4 nitrogen and oxygen atoms in total. The Bertz CT molecular complexity index is 438. The monoisotopic (exact) mass is 206 g/mol. The Labute approximate surface area is 85.6 Å². The third-order valence-electron chi connectivity index (χ3n) is 1.91. The van der Waals surface area contributed by atoms with Crippen LogP contribution in [-0.2, 0) is 6.54 Å². The molecule has 0 fully saturated rings. The van der Waals surface area contributed by atoms with Crippen LogP contribution >= 0.6 is 11.3 Å². The summed E-state index contributed by atoms with van der Waals surface area (Å²) in [4.78, 5) is 0. The largest absolute Gasteiger partial charge is 0.374 e. The van der Waals surface area contributed by atoms with Gasteiger partial charge in [-0.2, -0.15) is 0 Å². The maximum Gasteiger partial charge on any atom is 0.203 e. The van der Waals surface area contributed by atoms with Gasteiger partial charge in [0.2, 0.25) is 5.13 Å². The summed E-state index contributed by atoms with van der Waals surface area (Å²) in [6, 6.07) is 7.86. The Morgan fingerprint density at radius 1 is 1.21 bits per heavy atom. The number of hydrogen-bond donors (Lipinski definition) is 2. The van der Waals surface area contributed by atoms with Crippen LogP contribution in [0.15, 0.2) is 24.3 Å². The molecular formula is C9H10N4S. The van der Waals surface area contributed by atoms with E-state index in [1.54, 1.807) is 0 Å². The van der Waals surface area contributed by atoms with Crippen LogP contribution in [0, 0.1) is 0 Å². The summed E-state index contributed by atoms with van der Waals surface area (Å²) in [7, 11) is 0. The molecule has 0 spiro atoms. The molecule has 2 aromatic rings. The van der Waals surface area contributed by atoms with E-state index < -0.39 is 0 Å². The third-order valence-corrected chi connectivity index (χ3v) is 2.69. The van der Waals surface area contributed by atoms with Gasteiger partial charge < -0.3 is 11.5 Å². The van der Waals surface area contributed by atoms with Gasteiger partial charge in [-0.3, -0.25) is 0 Å². The van der Waals surface area contributed by atoms with Crippen LogP contribution in [0.1, 0.15) is 5.56 Å². The van der Waals surface area contributed by atoms with Gasteiger partial charge in [0.15, 0.2) is 0 Å². The molecule has 1 aromatic carbocycles. The summed E-state index contributed by atoms with van der Waals surface area (Å²) in [6.45, 7) is 0.496. The third kappa shape index (κ3) is 1.59. The van der Waals surface area contributed by atoms with Crippen molar-refractivity contribution in [3.05, 3.63) is 29.8 Å². The standard InChI is InChI=1S/C9H10N4S/c10-5-6-3-1-2-4-7(6)8-12-13-9(11)14-8/h1-4H,5,10H2,(H2,11,13). The van der Waals surface area contributed by atoms with Crippen molar-refractivity contribution in [2.75, 3.05) is 5.73 Å². The fourth-order valence-corrected chi connectivity index (χ4v) is 1.92. The number of aromatic nitrogens is 2. The quantitative estimate of drug-likeness (QED) is 0.775. The van der Waals surface area contributed by atoms with Crippen molar-refractivity contribution in [1.82, 2.24) is 10.2 Å². The molecule has 0 saturated heterocycles. The van der Waals surface area contributed by atoms with Crippen LogP contribution < -0.4 is 11.5 Å². The van der Waals surface area contributed by atoms with E-state index in [1.165, 1.54) is 11.3 Å². The molecule has 0 aliphatic carbocycles. The predicted molar refractivity (Wildman–Crippen MR) is 57.6 cm³/mol. The first-order chi connectivity index (χ1) is 6.81. The number of nitrogens with two attached hydrogens (primary N) is 2. The lowest BCUT2D eigenvalue weighted by Gasteiger charge is -2.02. The first-order valence-electron chi connectivity index (χ1n) is 4.18. The zero-order valence-corrected chi connectivity index (χ0v) is 8.29. The van der Waals surface area contributed by atoms with Crippen molar-refractivity contribution in [3.8, 4) is 10.6 Å². The maximum atomic E-state index is 5.62. The molecule has 1 heterocycles. The maximum absolute atomic E-state index is 5.62. The van der Waals surface area contributed by atoms with Gasteiger partial charge in [0.25, 0.3) is 0 Å². The zero-order valence-electron chi connectivity index (χ0n) is 7.47. The predicted octanol–water partition coefficient (Wildman–Crippen LogP) is 1.25. The van der Waals surface area contributed by atoms with Gasteiger partial charge in [-0.25, -0.2) is 0 Å². The Balaban J connectivity index is 2.50. The van der Waals surface area contributed by atoms with Crippen molar-refractivity contribution in [3.63, 3.8) is 0 Å². The van der Waals surface area contributed by atoms with E-state index in [-0.39, 0.29) is 0 Å². The Morgan fingerprint density at radius 3 is 2.64 bits per heavy atom. The van der Waals surface area contributed by atoms with Gasteiger partial charge in [-0.05, 0) is 5.56 Å². The number of benzene rings is 1. The summed E-state index contributed by atoms with van der Waals surface area (Å²) >= 11 is 1.37. The fraction of sp³-hybridized carbons (Fsp3) is 0.111. The van der Waals surface area contributed by atoms with Crippen molar-refractivity contribution >= 4 is 16.5 Å². The number of hydrogen-bond acceptors (Lipinski definition) is 5. The molecule has 0 unspecified atom stereocenters. The van der Waals surface area contributed by atoms with Gasteiger partial charge in [0.05, 0.1) is 0 Å². The van der Waals surface area contributed by atoms with E-state index in [1.807, 2.05) is 24.3 Å². The average molecular weight is 206 g/mol. The summed E-state index contributed by atoms with van der Waals surface area (Å²) in [5.74, 6) is 0. The summed E-state index contributed by atoms with van der Waals surface area (Å²) in [6.07, 6.45) is 0. The van der Waals surface area contributed by atoms with Crippen molar-refractivity contribution < 1.29 is 0 Å². The van der Waals surface area contributed by atoms with Gasteiger partial charge >= 0.3 is 0 Å². The summed E-state index contributed by atoms with van der Waals surface area (Å²) in [5, 5.41) is 9.06. The minimum absolute atomic E-state index is 0.479. The molecule has 0 radical (unpaired) electrons. The SMILES string of the molecule is NCc1ccccc1-c1nnc(N)s1. The van der Waals surface area contributed by atoms with Gasteiger partial charge in [-0.15, -0.1) is 10.2 Å². The lowest BCUT2D eigenvalue weighted by molar-refractivity contribution is 1.06. The molecule has 0 aliphatic heterocycles. The average Bonchev–Trinajstić information content (AvgIpc) is 2.65. The van der Waals surface area contributed by atoms with Crippen LogP contribution in [0.4, 0.5) is 5.13 Å². The van der Waals surface area contributed by atoms with E-state index in [2.05, 4.69) is 10.2 Å². The van der Waals surface area contributed by atoms with Gasteiger partial charge in [0.1, 0.15) is 5.01 Å². The number of nitrogens with zero attached hydrogens (tertiary/aromatic N) is 2. The fourth-order valence-electron chi connectivity index (χ4n) is 1.25. The van der Waals surface area contributed by atoms with E-state index >= 15 is 0 Å². The van der Waals surface area contributed by atoms with E-state index in [0.29, 0.717) is 11.7 Å². The summed E-state index contributed by atoms with van der Waals surface area (Å²) in [5.41, 5.74) is 13.2. The highest BCUT2D eigenvalue weighted by Crippen LogP contribution is 2.27. The van der Waals surface area contributed by atoms with Crippen LogP contribution in [-0.4, -0.2) is 10.2 Å². The van der Waals surface area contributed by atoms with E-state index in [0.717, 1.165) is 16.1 Å². The molecule has 72 valence electrons. The van der Waals surface area contributed by atoms with Crippen LogP contribution in [0.2, 0.25) is 0 Å². The molecule has 5 heteroatoms. The lowest BCUT2D eigenvalue weighted by Crippen LogP contribution is -1.98. The lowest BCUT2D eigenvalue weighted by atomic mass is 10.1. The molecule has 14 heavy (non-hydrogen) atoms. The molecule has 4 N–H and O–H groups in total. The zero-order chi connectivity index (χ0) is 9.97. The molecule has 0 saturated carbocycles. The minimum Gasteiger partial charge on any atom is -0.374 e. The molecule has 0 amide bonds. The highest BCUT2D eigenvalue weighted by molar-refractivity contribution is 7.18. The topological polar surface area (TPSA) is 77.8 Å². The molecule has 0 atom stereocenters. The second-order valence-corrected chi connectivity index (χ2v) is 3.82. The van der Waals surface area contributed by atoms with Crippen LogP contribution in [0.5, 0.6) is 0 Å². The van der Waals surface area contributed by atoms with E-state index in [4.69, 9.17) is 11.5 Å². The first kappa shape index (κ1) is 9.11. The van der Waals surface area contributed by atoms with E-state index in [9.17, 15) is 0 Å². The minimum atomic E-state index is 0.479. The number of anilines is 1. The number of nitrogen functional groups attached to an aromatic ring is 1. The summed E-state index contributed by atoms with van der Waals surface area (Å²) < 4.78 is 0. The van der Waals surface area contributed by atoms with Crippen molar-refractivity contribution in [1.29, 1.82) is 0 Å². The Kier molecular flexibility index (Phi) is 2.43. The highest BCUT2D eigenvalue weighted by atomic mass is 32.1. The van der Waals surface area contributed by atoms with Crippen molar-refractivity contribution in [2.45, 2.75) is 6.54 Å². The van der Waals surface area contributed by atoms with Gasteiger partial charge in [0, 0.05) is 12.1 Å². The smallest absolute Gasteiger partial charge is 0.203 e. The van der Waals surface area contributed by atoms with Gasteiger partial charge in [-0.1, -0.05) is 35.6 Å². The highest BCUT2D eigenvalue weighted by Gasteiger charge is 2.07. The Morgan fingerprint density at radius 2 is 2.00 bits per heavy atom. The normalized spacial score (nSPS) is 10.4. The second-order valence-electron chi connectivity index (χ2n) is 2.81. The van der Waals surface area contributed by atoms with Crippen molar-refractivity contribution in [2.24, 2.45) is 5.73 Å². The molecule has 0 bridgehead atoms. The Hall–Kier alpha value is -1.46. The first-order valence-corrected chi connectivity index (χ1v) is 5.00. The molecule has 2 rings (SSSR count). The molecule has 0 aliphatic rings. The van der Waals surface area contributed by atoms with Crippen LogP contribution in [0.3, 0.4) is 0 Å². The molecular weight excluding hydrogens is 196 g/mol. The molecule has 1 aromatic heterocycles.